The second-order valence-corrected chi connectivity index (χ2v) is 5.15. The second kappa shape index (κ2) is 6.05. The predicted octanol–water partition coefficient (Wildman–Crippen LogP) is 3.30. The number of nitrogens with one attached hydrogen (secondary N) is 1. The number of halogens is 1. The van der Waals surface area contributed by atoms with Crippen LogP contribution in [0.4, 0.5) is 0 Å². The molecule has 0 radical (unpaired) electrons. The van der Waals surface area contributed by atoms with E-state index in [1.54, 1.807) is 13.2 Å². The van der Waals surface area contributed by atoms with Crippen molar-refractivity contribution < 1.29 is 9.53 Å². The third kappa shape index (κ3) is 3.13. The molecule has 2 rings (SSSR count). The molecule has 1 aliphatic carbocycles. The average Bonchev–Trinajstić information content (AvgIpc) is 2.40. The van der Waals surface area contributed by atoms with Crippen LogP contribution in [-0.4, -0.2) is 19.1 Å². The Balaban J connectivity index is 2.10. The molecule has 18 heavy (non-hydrogen) atoms. The molecule has 0 bridgehead atoms. The van der Waals surface area contributed by atoms with Crippen LogP contribution in [0.15, 0.2) is 34.8 Å². The molecule has 0 saturated heterocycles. The van der Waals surface area contributed by atoms with Crippen molar-refractivity contribution in [1.82, 2.24) is 5.32 Å². The first-order valence-corrected chi connectivity index (χ1v) is 6.79. The smallest absolute Gasteiger partial charge is 0.252 e. The zero-order valence-corrected chi connectivity index (χ0v) is 11.9. The van der Waals surface area contributed by atoms with Gasteiger partial charge < -0.3 is 10.1 Å². The molecule has 1 aromatic carbocycles. The number of carbonyl (C=O) groups excluding carboxylic acids is 1. The molecule has 0 heterocycles. The lowest BCUT2D eigenvalue weighted by atomic mass is 10.0. The van der Waals surface area contributed by atoms with Crippen molar-refractivity contribution in [3.63, 3.8) is 0 Å². The highest BCUT2D eigenvalue weighted by atomic mass is 79.9. The van der Waals surface area contributed by atoms with Crippen LogP contribution in [0.5, 0.6) is 5.75 Å². The molecule has 3 nitrogen and oxygen atoms in total. The van der Waals surface area contributed by atoms with E-state index < -0.39 is 0 Å². The van der Waals surface area contributed by atoms with Crippen LogP contribution in [0, 0.1) is 0 Å². The molecule has 0 saturated carbocycles. The quantitative estimate of drug-likeness (QED) is 0.870. The van der Waals surface area contributed by atoms with Crippen molar-refractivity contribution in [3.8, 4) is 5.75 Å². The summed E-state index contributed by atoms with van der Waals surface area (Å²) in [6.45, 7) is 0. The lowest BCUT2D eigenvalue weighted by Gasteiger charge is -2.19. The first kappa shape index (κ1) is 13.1. The van der Waals surface area contributed by atoms with Crippen LogP contribution < -0.4 is 10.1 Å². The summed E-state index contributed by atoms with van der Waals surface area (Å²) in [5.41, 5.74) is 0.615. The summed E-state index contributed by atoms with van der Waals surface area (Å²) < 4.78 is 5.92. The van der Waals surface area contributed by atoms with Gasteiger partial charge in [-0.1, -0.05) is 12.2 Å². The Bertz CT molecular complexity index is 471. The predicted molar refractivity (Wildman–Crippen MR) is 74.9 cm³/mol. The van der Waals surface area contributed by atoms with Gasteiger partial charge in [0.05, 0.1) is 12.7 Å². The Kier molecular flexibility index (Phi) is 4.42. The van der Waals surface area contributed by atoms with Gasteiger partial charge in [-0.2, -0.15) is 0 Å². The lowest BCUT2D eigenvalue weighted by Crippen LogP contribution is -2.35. The largest absolute Gasteiger partial charge is 0.497 e. The highest BCUT2D eigenvalue weighted by Gasteiger charge is 2.16. The fourth-order valence-corrected chi connectivity index (χ4v) is 2.42. The molecule has 1 aliphatic rings. The monoisotopic (exact) mass is 309 g/mol. The third-order valence-electron chi connectivity index (χ3n) is 3.02. The van der Waals surface area contributed by atoms with Crippen LogP contribution >= 0.6 is 15.9 Å². The zero-order valence-electron chi connectivity index (χ0n) is 10.3. The van der Waals surface area contributed by atoms with Crippen molar-refractivity contribution >= 4 is 21.8 Å². The lowest BCUT2D eigenvalue weighted by molar-refractivity contribution is 0.0933. The van der Waals surface area contributed by atoms with Crippen molar-refractivity contribution in [1.29, 1.82) is 0 Å². The molecule has 1 N–H and O–H groups in total. The Morgan fingerprint density at radius 3 is 2.94 bits per heavy atom. The van der Waals surface area contributed by atoms with Gasteiger partial charge in [0, 0.05) is 10.5 Å². The molecule has 1 unspecified atom stereocenters. The van der Waals surface area contributed by atoms with Gasteiger partial charge in [-0.15, -0.1) is 0 Å². The Labute approximate surface area is 115 Å². The van der Waals surface area contributed by atoms with Gasteiger partial charge in [-0.25, -0.2) is 0 Å². The molecule has 1 amide bonds. The number of hydrogen-bond donors (Lipinski definition) is 1. The highest BCUT2D eigenvalue weighted by molar-refractivity contribution is 9.10. The molecule has 0 fully saturated rings. The van der Waals surface area contributed by atoms with Gasteiger partial charge in [0.15, 0.2) is 0 Å². The van der Waals surface area contributed by atoms with E-state index in [9.17, 15) is 4.79 Å². The summed E-state index contributed by atoms with van der Waals surface area (Å²) in [7, 11) is 1.59. The number of benzene rings is 1. The normalized spacial score (nSPS) is 18.4. The molecule has 1 atom stereocenters. The van der Waals surface area contributed by atoms with Gasteiger partial charge in [0.1, 0.15) is 5.75 Å². The highest BCUT2D eigenvalue weighted by Crippen LogP contribution is 2.23. The summed E-state index contributed by atoms with van der Waals surface area (Å²) in [6.07, 6.45) is 7.22. The summed E-state index contributed by atoms with van der Waals surface area (Å²) in [5, 5.41) is 3.05. The zero-order chi connectivity index (χ0) is 13.0. The third-order valence-corrected chi connectivity index (χ3v) is 3.71. The minimum Gasteiger partial charge on any atom is -0.497 e. The molecule has 1 aromatic rings. The molecule has 0 spiro atoms. The van der Waals surface area contributed by atoms with E-state index in [1.165, 1.54) is 0 Å². The number of hydrogen-bond acceptors (Lipinski definition) is 2. The van der Waals surface area contributed by atoms with Crippen molar-refractivity contribution in [2.24, 2.45) is 0 Å². The first-order valence-electron chi connectivity index (χ1n) is 6.00. The maximum atomic E-state index is 12.2. The molecule has 4 heteroatoms. The van der Waals surface area contributed by atoms with Crippen molar-refractivity contribution in [2.75, 3.05) is 7.11 Å². The number of allylic oxidation sites excluding steroid dienone is 1. The first-order chi connectivity index (χ1) is 8.70. The van der Waals surface area contributed by atoms with E-state index in [2.05, 4.69) is 33.4 Å². The Hall–Kier alpha value is -1.29. The second-order valence-electron chi connectivity index (χ2n) is 4.30. The molecular weight excluding hydrogens is 294 g/mol. The minimum atomic E-state index is -0.0546. The van der Waals surface area contributed by atoms with Crippen LogP contribution in [-0.2, 0) is 0 Å². The summed E-state index contributed by atoms with van der Waals surface area (Å²) in [4.78, 5) is 12.2. The number of carbonyl (C=O) groups is 1. The van der Waals surface area contributed by atoms with E-state index in [4.69, 9.17) is 4.74 Å². The summed E-state index contributed by atoms with van der Waals surface area (Å²) >= 11 is 3.39. The number of methoxy groups -OCH3 is 1. The standard InChI is InChI=1S/C14H16BrNO2/c1-18-11-7-8-13(15)12(9-11)14(17)16-10-5-3-2-4-6-10/h2-3,7-10H,4-6H2,1H3,(H,16,17). The van der Waals surface area contributed by atoms with E-state index in [-0.39, 0.29) is 11.9 Å². The number of rotatable bonds is 3. The summed E-state index contributed by atoms with van der Waals surface area (Å²) in [6, 6.07) is 5.64. The number of amides is 1. The van der Waals surface area contributed by atoms with E-state index in [0.717, 1.165) is 23.7 Å². The fraction of sp³-hybridized carbons (Fsp3) is 0.357. The van der Waals surface area contributed by atoms with Gasteiger partial charge in [0.25, 0.3) is 5.91 Å². The van der Waals surface area contributed by atoms with E-state index in [1.807, 2.05) is 12.1 Å². The van der Waals surface area contributed by atoms with Crippen LogP contribution in [0.3, 0.4) is 0 Å². The van der Waals surface area contributed by atoms with E-state index >= 15 is 0 Å². The van der Waals surface area contributed by atoms with Gasteiger partial charge in [-0.05, 0) is 53.4 Å². The fourth-order valence-electron chi connectivity index (χ4n) is 1.99. The SMILES string of the molecule is COc1ccc(Br)c(C(=O)NC2CC=CCC2)c1. The minimum absolute atomic E-state index is 0.0546. The topological polar surface area (TPSA) is 38.3 Å². The van der Waals surface area contributed by atoms with E-state index in [0.29, 0.717) is 11.3 Å². The van der Waals surface area contributed by atoms with Crippen LogP contribution in [0.2, 0.25) is 0 Å². The molecule has 96 valence electrons. The van der Waals surface area contributed by atoms with Crippen molar-refractivity contribution in [3.05, 3.63) is 40.4 Å². The molecule has 0 aromatic heterocycles. The van der Waals surface area contributed by atoms with Crippen LogP contribution in [0.25, 0.3) is 0 Å². The van der Waals surface area contributed by atoms with Gasteiger partial charge >= 0.3 is 0 Å². The Morgan fingerprint density at radius 1 is 1.44 bits per heavy atom. The maximum absolute atomic E-state index is 12.2. The summed E-state index contributed by atoms with van der Waals surface area (Å²) in [5.74, 6) is 0.632. The van der Waals surface area contributed by atoms with Gasteiger partial charge in [0.2, 0.25) is 0 Å². The Morgan fingerprint density at radius 2 is 2.28 bits per heavy atom. The average molecular weight is 310 g/mol. The number of ether oxygens (including phenoxy) is 1. The van der Waals surface area contributed by atoms with Crippen molar-refractivity contribution in [2.45, 2.75) is 25.3 Å². The maximum Gasteiger partial charge on any atom is 0.252 e. The molecular formula is C14H16BrNO2. The van der Waals surface area contributed by atoms with Crippen LogP contribution in [0.1, 0.15) is 29.6 Å². The molecule has 0 aliphatic heterocycles. The van der Waals surface area contributed by atoms with Gasteiger partial charge in [-0.3, -0.25) is 4.79 Å².